The van der Waals surface area contributed by atoms with Crippen LogP contribution in [0, 0.1) is 0 Å². The van der Waals surface area contributed by atoms with Gasteiger partial charge in [0, 0.05) is 32.0 Å². The summed E-state index contributed by atoms with van der Waals surface area (Å²) in [6, 6.07) is 7.85. The Balaban J connectivity index is 2.29. The molecule has 0 saturated carbocycles. The molecule has 0 saturated heterocycles. The molecular weight excluding hydrogens is 366 g/mol. The Labute approximate surface area is 163 Å². The molecule has 27 heavy (non-hydrogen) atoms. The van der Waals surface area contributed by atoms with Gasteiger partial charge < -0.3 is 20.1 Å². The van der Waals surface area contributed by atoms with Gasteiger partial charge in [-0.05, 0) is 44.4 Å². The molecule has 1 unspecified atom stereocenters. The molecule has 7 nitrogen and oxygen atoms in total. The van der Waals surface area contributed by atoms with E-state index in [-0.39, 0.29) is 11.8 Å². The number of aliphatic imine (C=N–C) groups is 1. The Morgan fingerprint density at radius 2 is 1.96 bits per heavy atom. The molecule has 0 fully saturated rings. The van der Waals surface area contributed by atoms with Crippen LogP contribution in [0.25, 0.3) is 0 Å². The molecule has 0 aliphatic rings. The Kier molecular flexibility index (Phi) is 10.8. The van der Waals surface area contributed by atoms with Crippen LogP contribution in [-0.4, -0.2) is 59.2 Å². The van der Waals surface area contributed by atoms with Crippen LogP contribution in [0.4, 0.5) is 0 Å². The highest BCUT2D eigenvalue weighted by atomic mass is 32.2. The predicted octanol–water partition coefficient (Wildman–Crippen LogP) is 1.98. The lowest BCUT2D eigenvalue weighted by Gasteiger charge is -2.17. The molecule has 0 aromatic heterocycles. The number of hydrogen-bond acceptors (Lipinski definition) is 5. The zero-order chi connectivity index (χ0) is 20.1. The summed E-state index contributed by atoms with van der Waals surface area (Å²) in [5, 5.41) is 6.41. The van der Waals surface area contributed by atoms with Gasteiger partial charge in [0.2, 0.25) is 0 Å². The zero-order valence-corrected chi connectivity index (χ0v) is 17.6. The summed E-state index contributed by atoms with van der Waals surface area (Å²) in [6.07, 6.45) is 2.61. The summed E-state index contributed by atoms with van der Waals surface area (Å²) in [4.78, 5) is 4.51. The van der Waals surface area contributed by atoms with Crippen LogP contribution in [0.3, 0.4) is 0 Å². The van der Waals surface area contributed by atoms with Crippen LogP contribution in [0.2, 0.25) is 0 Å². The quantitative estimate of drug-likeness (QED) is 0.317. The maximum Gasteiger partial charge on any atom is 0.191 e. The van der Waals surface area contributed by atoms with Gasteiger partial charge in [-0.15, -0.1) is 0 Å². The van der Waals surface area contributed by atoms with Crippen LogP contribution in [0.15, 0.2) is 29.3 Å². The maximum atomic E-state index is 11.3. The minimum absolute atomic E-state index is 0.0313. The predicted molar refractivity (Wildman–Crippen MR) is 110 cm³/mol. The van der Waals surface area contributed by atoms with E-state index in [9.17, 15) is 8.42 Å². The number of guanidine groups is 1. The minimum Gasteiger partial charge on any atom is -0.497 e. The van der Waals surface area contributed by atoms with Gasteiger partial charge in [0.1, 0.15) is 15.6 Å². The third-order valence-corrected chi connectivity index (χ3v) is 4.77. The molecule has 1 atom stereocenters. The van der Waals surface area contributed by atoms with Crippen molar-refractivity contribution in [1.82, 2.24) is 10.6 Å². The average Bonchev–Trinajstić information content (AvgIpc) is 2.63. The van der Waals surface area contributed by atoms with Crippen molar-refractivity contribution in [1.29, 1.82) is 0 Å². The molecule has 0 spiro atoms. The number of sulfone groups is 1. The third kappa shape index (κ3) is 11.5. The van der Waals surface area contributed by atoms with Crippen LogP contribution in [0.1, 0.15) is 32.3 Å². The first kappa shape index (κ1) is 23.2. The van der Waals surface area contributed by atoms with E-state index in [1.165, 1.54) is 6.26 Å². The number of nitrogens with one attached hydrogen (secondary N) is 2. The molecule has 0 heterocycles. The molecule has 2 N–H and O–H groups in total. The van der Waals surface area contributed by atoms with E-state index in [4.69, 9.17) is 9.47 Å². The number of ether oxygens (including phenoxy) is 2. The summed E-state index contributed by atoms with van der Waals surface area (Å²) in [6.45, 7) is 6.52. The summed E-state index contributed by atoms with van der Waals surface area (Å²) >= 11 is 0. The molecule has 0 aliphatic carbocycles. The second-order valence-corrected chi connectivity index (χ2v) is 8.74. The van der Waals surface area contributed by atoms with Gasteiger partial charge >= 0.3 is 0 Å². The van der Waals surface area contributed by atoms with Gasteiger partial charge in [-0.3, -0.25) is 4.99 Å². The Morgan fingerprint density at radius 1 is 1.26 bits per heavy atom. The minimum atomic E-state index is -2.95. The van der Waals surface area contributed by atoms with Crippen molar-refractivity contribution in [2.75, 3.05) is 38.8 Å². The second kappa shape index (κ2) is 12.6. The summed E-state index contributed by atoms with van der Waals surface area (Å²) in [5.41, 5.74) is 1.11. The highest BCUT2D eigenvalue weighted by Gasteiger charge is 2.09. The lowest BCUT2D eigenvalue weighted by molar-refractivity contribution is 0.120. The first-order valence-corrected chi connectivity index (χ1v) is 11.3. The molecule has 8 heteroatoms. The molecule has 0 bridgehead atoms. The summed E-state index contributed by atoms with van der Waals surface area (Å²) in [5.74, 6) is 1.70. The highest BCUT2D eigenvalue weighted by molar-refractivity contribution is 7.90. The molecule has 154 valence electrons. The SMILES string of the molecule is CCNC(=NCCCOCc1ccc(OC)cc1)NC(C)CCS(C)(=O)=O. The largest absolute Gasteiger partial charge is 0.497 e. The average molecular weight is 400 g/mol. The lowest BCUT2D eigenvalue weighted by atomic mass is 10.2. The van der Waals surface area contributed by atoms with Crippen molar-refractivity contribution in [3.05, 3.63) is 29.8 Å². The van der Waals surface area contributed by atoms with Crippen molar-refractivity contribution in [2.24, 2.45) is 4.99 Å². The monoisotopic (exact) mass is 399 g/mol. The van der Waals surface area contributed by atoms with Gasteiger partial charge in [-0.25, -0.2) is 8.42 Å². The number of hydrogen-bond donors (Lipinski definition) is 2. The molecule has 0 amide bonds. The first-order valence-electron chi connectivity index (χ1n) is 9.27. The summed E-state index contributed by atoms with van der Waals surface area (Å²) < 4.78 is 33.3. The van der Waals surface area contributed by atoms with E-state index in [0.29, 0.717) is 32.1 Å². The van der Waals surface area contributed by atoms with E-state index < -0.39 is 9.84 Å². The van der Waals surface area contributed by atoms with E-state index in [1.54, 1.807) is 7.11 Å². The molecule has 1 aromatic rings. The van der Waals surface area contributed by atoms with Gasteiger partial charge in [0.25, 0.3) is 0 Å². The van der Waals surface area contributed by atoms with E-state index in [2.05, 4.69) is 15.6 Å². The van der Waals surface area contributed by atoms with Crippen LogP contribution < -0.4 is 15.4 Å². The van der Waals surface area contributed by atoms with Crippen LogP contribution >= 0.6 is 0 Å². The standard InChI is InChI=1S/C19H33N3O4S/c1-5-20-19(22-16(2)11-14-27(4,23)24)21-12-6-13-26-15-17-7-9-18(25-3)10-8-17/h7-10,16H,5-6,11-15H2,1-4H3,(H2,20,21,22). The van der Waals surface area contributed by atoms with E-state index in [1.807, 2.05) is 38.1 Å². The fraction of sp³-hybridized carbons (Fsp3) is 0.632. The zero-order valence-electron chi connectivity index (χ0n) is 16.8. The fourth-order valence-corrected chi connectivity index (χ4v) is 3.07. The first-order chi connectivity index (χ1) is 12.8. The molecule has 1 aromatic carbocycles. The maximum absolute atomic E-state index is 11.3. The van der Waals surface area contributed by atoms with Crippen molar-refractivity contribution >= 4 is 15.8 Å². The molecule has 0 aliphatic heterocycles. The van der Waals surface area contributed by atoms with E-state index in [0.717, 1.165) is 24.3 Å². The number of methoxy groups -OCH3 is 1. The van der Waals surface area contributed by atoms with Crippen molar-refractivity contribution in [3.63, 3.8) is 0 Å². The Hall–Kier alpha value is -1.80. The number of benzene rings is 1. The summed E-state index contributed by atoms with van der Waals surface area (Å²) in [7, 11) is -1.30. The number of nitrogens with zero attached hydrogens (tertiary/aromatic N) is 1. The lowest BCUT2D eigenvalue weighted by Crippen LogP contribution is -2.42. The second-order valence-electron chi connectivity index (χ2n) is 6.48. The normalized spacial score (nSPS) is 13.3. The number of rotatable bonds is 12. The smallest absolute Gasteiger partial charge is 0.191 e. The van der Waals surface area contributed by atoms with Crippen LogP contribution in [-0.2, 0) is 21.2 Å². The Bertz CT molecular complexity index is 660. The fourth-order valence-electron chi connectivity index (χ4n) is 2.29. The van der Waals surface area contributed by atoms with Crippen LogP contribution in [0.5, 0.6) is 5.75 Å². The van der Waals surface area contributed by atoms with Gasteiger partial charge in [-0.2, -0.15) is 0 Å². The Morgan fingerprint density at radius 3 is 2.56 bits per heavy atom. The highest BCUT2D eigenvalue weighted by Crippen LogP contribution is 2.11. The van der Waals surface area contributed by atoms with Crippen molar-refractivity contribution in [2.45, 2.75) is 39.3 Å². The van der Waals surface area contributed by atoms with Crippen molar-refractivity contribution < 1.29 is 17.9 Å². The van der Waals surface area contributed by atoms with Gasteiger partial charge in [0.15, 0.2) is 5.96 Å². The van der Waals surface area contributed by atoms with Gasteiger partial charge in [0.05, 0.1) is 19.5 Å². The molecule has 0 radical (unpaired) electrons. The molecule has 1 rings (SSSR count). The topological polar surface area (TPSA) is 89.0 Å². The van der Waals surface area contributed by atoms with Gasteiger partial charge in [-0.1, -0.05) is 12.1 Å². The van der Waals surface area contributed by atoms with Crippen molar-refractivity contribution in [3.8, 4) is 5.75 Å². The third-order valence-electron chi connectivity index (χ3n) is 3.79. The van der Waals surface area contributed by atoms with E-state index >= 15 is 0 Å². The molecular formula is C19H33N3O4S.